The molecule has 1 aliphatic heterocycles. The number of carbonyl (C=O) groups excluding carboxylic acids is 2. The van der Waals surface area contributed by atoms with Crippen LogP contribution >= 0.6 is 0 Å². The van der Waals surface area contributed by atoms with Crippen LogP contribution in [0.1, 0.15) is 44.7 Å². The van der Waals surface area contributed by atoms with Gasteiger partial charge in [-0.25, -0.2) is 4.79 Å². The van der Waals surface area contributed by atoms with Crippen LogP contribution in [0.25, 0.3) is 0 Å². The van der Waals surface area contributed by atoms with E-state index in [1.807, 2.05) is 39.0 Å². The Balaban J connectivity index is 0.000000251. The molecule has 1 heterocycles. The van der Waals surface area contributed by atoms with Crippen LogP contribution in [0.5, 0.6) is 0 Å². The molecule has 1 fully saturated rings. The molecular formula is C19H27N3O3. The Kier molecular flexibility index (Phi) is 8.48. The molecule has 2 rings (SSSR count). The monoisotopic (exact) mass is 345 g/mol. The summed E-state index contributed by atoms with van der Waals surface area (Å²) in [6.45, 7) is 8.02. The number of hydrogen-bond donors (Lipinski definition) is 1. The first kappa shape index (κ1) is 20.5. The van der Waals surface area contributed by atoms with Gasteiger partial charge >= 0.3 is 6.09 Å². The molecular weight excluding hydrogens is 318 g/mol. The van der Waals surface area contributed by atoms with Gasteiger partial charge in [0, 0.05) is 19.6 Å². The van der Waals surface area contributed by atoms with Gasteiger partial charge < -0.3 is 15.0 Å². The molecule has 1 aromatic carbocycles. The van der Waals surface area contributed by atoms with Crippen LogP contribution in [0.3, 0.4) is 0 Å². The second-order valence-corrected chi connectivity index (χ2v) is 6.81. The third-order valence-electron chi connectivity index (χ3n) is 3.48. The smallest absolute Gasteiger partial charge is 0.410 e. The Bertz CT molecular complexity index is 579. The minimum absolute atomic E-state index is 0.167. The van der Waals surface area contributed by atoms with E-state index in [9.17, 15) is 9.59 Å². The Morgan fingerprint density at radius 3 is 2.36 bits per heavy atom. The van der Waals surface area contributed by atoms with Crippen molar-refractivity contribution in [2.24, 2.45) is 0 Å². The molecule has 6 nitrogen and oxygen atoms in total. The highest BCUT2D eigenvalue weighted by Gasteiger charge is 2.23. The van der Waals surface area contributed by atoms with E-state index >= 15 is 0 Å². The lowest BCUT2D eigenvalue weighted by Gasteiger charge is -2.23. The second kappa shape index (κ2) is 10.3. The second-order valence-electron chi connectivity index (χ2n) is 6.81. The summed E-state index contributed by atoms with van der Waals surface area (Å²) in [7, 11) is 0. The summed E-state index contributed by atoms with van der Waals surface area (Å²) in [6.07, 6.45) is 3.53. The highest BCUT2D eigenvalue weighted by molar-refractivity contribution is 5.68. The number of benzene rings is 1. The summed E-state index contributed by atoms with van der Waals surface area (Å²) < 4.78 is 5.21. The highest BCUT2D eigenvalue weighted by Crippen LogP contribution is 2.14. The highest BCUT2D eigenvalue weighted by atomic mass is 16.6. The maximum absolute atomic E-state index is 11.4. The molecule has 2 amide bonds. The lowest BCUT2D eigenvalue weighted by molar-refractivity contribution is -0.109. The number of rotatable bonds is 4. The molecule has 25 heavy (non-hydrogen) atoms. The van der Waals surface area contributed by atoms with Crippen molar-refractivity contribution in [2.75, 3.05) is 19.6 Å². The quantitative estimate of drug-likeness (QED) is 0.672. The number of likely N-dealkylation sites (tertiary alicyclic amines) is 1. The predicted molar refractivity (Wildman–Crippen MR) is 96.0 cm³/mol. The van der Waals surface area contributed by atoms with E-state index in [2.05, 4.69) is 5.32 Å². The van der Waals surface area contributed by atoms with Crippen molar-refractivity contribution in [3.63, 3.8) is 0 Å². The standard InChI is InChI=1S/C10H10N2O.C9H17NO2/c11-7-10-3-1-9(2-4-10)5-6-12-8-13;1-9(2,3)12-8(11)10-6-4-5-7-10/h1-4,8H,5-6H2,(H,12,13);4-7H2,1-3H3. The van der Waals surface area contributed by atoms with Gasteiger partial charge in [0.25, 0.3) is 0 Å². The molecule has 0 saturated carbocycles. The van der Waals surface area contributed by atoms with Gasteiger partial charge in [0.15, 0.2) is 0 Å². The number of ether oxygens (including phenoxy) is 1. The Morgan fingerprint density at radius 2 is 1.88 bits per heavy atom. The largest absolute Gasteiger partial charge is 0.444 e. The van der Waals surface area contributed by atoms with Crippen molar-refractivity contribution in [3.05, 3.63) is 35.4 Å². The summed E-state index contributed by atoms with van der Waals surface area (Å²) >= 11 is 0. The molecule has 0 radical (unpaired) electrons. The lowest BCUT2D eigenvalue weighted by Crippen LogP contribution is -2.34. The van der Waals surface area contributed by atoms with E-state index in [0.29, 0.717) is 18.5 Å². The number of nitriles is 1. The van der Waals surface area contributed by atoms with Crippen LogP contribution in [0.4, 0.5) is 4.79 Å². The molecule has 0 aromatic heterocycles. The zero-order chi connectivity index (χ0) is 18.7. The van der Waals surface area contributed by atoms with Crippen LogP contribution in [-0.4, -0.2) is 42.6 Å². The van der Waals surface area contributed by atoms with Crippen LogP contribution in [-0.2, 0) is 16.0 Å². The van der Waals surface area contributed by atoms with Gasteiger partial charge in [-0.15, -0.1) is 0 Å². The lowest BCUT2D eigenvalue weighted by atomic mass is 10.1. The number of hydrogen-bond acceptors (Lipinski definition) is 4. The molecule has 136 valence electrons. The fraction of sp³-hybridized carbons (Fsp3) is 0.526. The van der Waals surface area contributed by atoms with Gasteiger partial charge in [0.2, 0.25) is 6.41 Å². The van der Waals surface area contributed by atoms with Gasteiger partial charge in [0.1, 0.15) is 5.60 Å². The Morgan fingerprint density at radius 1 is 1.28 bits per heavy atom. The maximum Gasteiger partial charge on any atom is 0.410 e. The molecule has 1 aromatic rings. The third kappa shape index (κ3) is 8.75. The molecule has 1 N–H and O–H groups in total. The fourth-order valence-corrected chi connectivity index (χ4v) is 2.25. The van der Waals surface area contributed by atoms with Crippen molar-refractivity contribution >= 4 is 12.5 Å². The van der Waals surface area contributed by atoms with Crippen molar-refractivity contribution < 1.29 is 14.3 Å². The summed E-state index contributed by atoms with van der Waals surface area (Å²) in [6, 6.07) is 9.39. The zero-order valence-electron chi connectivity index (χ0n) is 15.2. The van der Waals surface area contributed by atoms with Gasteiger partial charge in [-0.2, -0.15) is 5.26 Å². The molecule has 0 spiro atoms. The van der Waals surface area contributed by atoms with Crippen molar-refractivity contribution in [1.29, 1.82) is 5.26 Å². The number of amides is 2. The third-order valence-corrected chi connectivity index (χ3v) is 3.48. The molecule has 0 atom stereocenters. The first-order valence-electron chi connectivity index (χ1n) is 8.49. The molecule has 0 aliphatic carbocycles. The first-order chi connectivity index (χ1) is 11.9. The predicted octanol–water partition coefficient (Wildman–Crippen LogP) is 2.86. The van der Waals surface area contributed by atoms with E-state index < -0.39 is 0 Å². The van der Waals surface area contributed by atoms with Gasteiger partial charge in [0.05, 0.1) is 11.6 Å². The zero-order valence-corrected chi connectivity index (χ0v) is 15.2. The summed E-state index contributed by atoms with van der Waals surface area (Å²) in [5.41, 5.74) is 1.42. The van der Waals surface area contributed by atoms with Gasteiger partial charge in [-0.05, 0) is 57.7 Å². The maximum atomic E-state index is 11.4. The molecule has 0 unspecified atom stereocenters. The van der Waals surface area contributed by atoms with Gasteiger partial charge in [-0.1, -0.05) is 12.1 Å². The van der Waals surface area contributed by atoms with E-state index in [4.69, 9.17) is 10.00 Å². The Hall–Kier alpha value is -2.55. The van der Waals surface area contributed by atoms with E-state index in [1.54, 1.807) is 17.0 Å². The van der Waals surface area contributed by atoms with E-state index in [-0.39, 0.29) is 11.7 Å². The van der Waals surface area contributed by atoms with Crippen LogP contribution in [0.15, 0.2) is 24.3 Å². The fourth-order valence-electron chi connectivity index (χ4n) is 2.25. The van der Waals surface area contributed by atoms with Crippen LogP contribution in [0.2, 0.25) is 0 Å². The molecule has 0 bridgehead atoms. The first-order valence-corrected chi connectivity index (χ1v) is 8.49. The number of nitrogens with zero attached hydrogens (tertiary/aromatic N) is 2. The molecule has 1 saturated heterocycles. The minimum Gasteiger partial charge on any atom is -0.444 e. The number of nitrogens with one attached hydrogen (secondary N) is 1. The van der Waals surface area contributed by atoms with Crippen LogP contribution < -0.4 is 5.32 Å². The van der Waals surface area contributed by atoms with Gasteiger partial charge in [-0.3, -0.25) is 4.79 Å². The van der Waals surface area contributed by atoms with Crippen molar-refractivity contribution in [2.45, 2.75) is 45.6 Å². The summed E-state index contributed by atoms with van der Waals surface area (Å²) in [5.74, 6) is 0. The SMILES string of the molecule is CC(C)(C)OC(=O)N1CCCC1.N#Cc1ccc(CCNC=O)cc1. The van der Waals surface area contributed by atoms with Crippen LogP contribution in [0, 0.1) is 11.3 Å². The van der Waals surface area contributed by atoms with Crippen molar-refractivity contribution in [3.8, 4) is 6.07 Å². The average Bonchev–Trinajstić information content (AvgIpc) is 3.09. The molecule has 1 aliphatic rings. The normalized spacial score (nSPS) is 13.3. The van der Waals surface area contributed by atoms with Crippen molar-refractivity contribution in [1.82, 2.24) is 10.2 Å². The van der Waals surface area contributed by atoms with E-state index in [1.165, 1.54) is 0 Å². The summed E-state index contributed by atoms with van der Waals surface area (Å²) in [5, 5.41) is 11.1. The summed E-state index contributed by atoms with van der Waals surface area (Å²) in [4.78, 5) is 23.1. The Labute approximate surface area is 149 Å². The minimum atomic E-state index is -0.361. The van der Waals surface area contributed by atoms with E-state index in [0.717, 1.165) is 37.9 Å². The average molecular weight is 345 g/mol. The topological polar surface area (TPSA) is 82.4 Å². The number of carbonyl (C=O) groups is 2. The molecule has 6 heteroatoms.